The molecule has 4 nitrogen and oxygen atoms in total. The van der Waals surface area contributed by atoms with Crippen molar-refractivity contribution >= 4 is 5.97 Å². The number of nitrogens with one attached hydrogen (secondary N) is 1. The molecule has 0 heterocycles. The Bertz CT molecular complexity index is 377. The van der Waals surface area contributed by atoms with Crippen LogP contribution in [0.15, 0.2) is 24.3 Å². The first kappa shape index (κ1) is 13.5. The van der Waals surface area contributed by atoms with Gasteiger partial charge < -0.3 is 15.2 Å². The molecular weight excluding hydrogens is 218 g/mol. The SMILES string of the molecule is CNCC(Oc1ccccc1C(C)C)C(=O)O. The summed E-state index contributed by atoms with van der Waals surface area (Å²) in [5, 5.41) is 11.8. The highest BCUT2D eigenvalue weighted by molar-refractivity contribution is 5.73. The molecule has 0 aliphatic rings. The average Bonchev–Trinajstić information content (AvgIpc) is 2.28. The zero-order chi connectivity index (χ0) is 12.8. The van der Waals surface area contributed by atoms with Gasteiger partial charge in [-0.1, -0.05) is 32.0 Å². The number of ether oxygens (including phenoxy) is 1. The molecule has 0 bridgehead atoms. The number of rotatable bonds is 6. The zero-order valence-corrected chi connectivity index (χ0v) is 10.4. The quantitative estimate of drug-likeness (QED) is 0.793. The summed E-state index contributed by atoms with van der Waals surface area (Å²) in [6.45, 7) is 4.38. The maximum Gasteiger partial charge on any atom is 0.346 e. The van der Waals surface area contributed by atoms with E-state index in [4.69, 9.17) is 9.84 Å². The number of carboxylic acids is 1. The van der Waals surface area contributed by atoms with Crippen LogP contribution in [0, 0.1) is 0 Å². The minimum atomic E-state index is -0.960. The smallest absolute Gasteiger partial charge is 0.346 e. The number of carbonyl (C=O) groups is 1. The van der Waals surface area contributed by atoms with Crippen LogP contribution in [0.25, 0.3) is 0 Å². The Morgan fingerprint density at radius 1 is 1.41 bits per heavy atom. The molecule has 1 aromatic rings. The van der Waals surface area contributed by atoms with Gasteiger partial charge in [-0.2, -0.15) is 0 Å². The standard InChI is InChI=1S/C13H19NO3/c1-9(2)10-6-4-5-7-11(10)17-12(8-14-3)13(15)16/h4-7,9,12,14H,8H2,1-3H3,(H,15,16). The Labute approximate surface area is 102 Å². The van der Waals surface area contributed by atoms with Crippen LogP contribution in [0.5, 0.6) is 5.75 Å². The second kappa shape index (κ2) is 6.25. The average molecular weight is 237 g/mol. The summed E-state index contributed by atoms with van der Waals surface area (Å²) in [6.07, 6.45) is -0.861. The van der Waals surface area contributed by atoms with Gasteiger partial charge in [0, 0.05) is 6.54 Å². The summed E-state index contributed by atoms with van der Waals surface area (Å²) in [5.74, 6) is -0.0155. The lowest BCUT2D eigenvalue weighted by Gasteiger charge is -2.18. The highest BCUT2D eigenvalue weighted by Gasteiger charge is 2.20. The maximum absolute atomic E-state index is 11.0. The van der Waals surface area contributed by atoms with Crippen LogP contribution in [0.3, 0.4) is 0 Å². The molecule has 0 fully saturated rings. The van der Waals surface area contributed by atoms with Crippen molar-refractivity contribution in [3.8, 4) is 5.75 Å². The fraction of sp³-hybridized carbons (Fsp3) is 0.462. The van der Waals surface area contributed by atoms with Gasteiger partial charge in [0.1, 0.15) is 5.75 Å². The lowest BCUT2D eigenvalue weighted by molar-refractivity contribution is -0.144. The monoisotopic (exact) mass is 237 g/mol. The molecule has 4 heteroatoms. The van der Waals surface area contributed by atoms with E-state index >= 15 is 0 Å². The van der Waals surface area contributed by atoms with E-state index in [1.807, 2.05) is 18.2 Å². The molecule has 17 heavy (non-hydrogen) atoms. The van der Waals surface area contributed by atoms with Crippen LogP contribution in [-0.4, -0.2) is 30.8 Å². The van der Waals surface area contributed by atoms with Crippen molar-refractivity contribution < 1.29 is 14.6 Å². The van der Waals surface area contributed by atoms with Crippen LogP contribution in [-0.2, 0) is 4.79 Å². The lowest BCUT2D eigenvalue weighted by atomic mass is 10.0. The number of carboxylic acid groups (broad SMARTS) is 1. The molecule has 0 aliphatic carbocycles. The fourth-order valence-corrected chi connectivity index (χ4v) is 1.58. The first-order chi connectivity index (χ1) is 8.06. The van der Waals surface area contributed by atoms with Crippen LogP contribution < -0.4 is 10.1 Å². The van der Waals surface area contributed by atoms with Crippen molar-refractivity contribution in [2.24, 2.45) is 0 Å². The first-order valence-electron chi connectivity index (χ1n) is 5.69. The molecule has 0 radical (unpaired) electrons. The van der Waals surface area contributed by atoms with E-state index in [-0.39, 0.29) is 6.54 Å². The molecule has 1 atom stereocenters. The van der Waals surface area contributed by atoms with Crippen molar-refractivity contribution in [3.63, 3.8) is 0 Å². The van der Waals surface area contributed by atoms with E-state index in [1.54, 1.807) is 13.1 Å². The fourth-order valence-electron chi connectivity index (χ4n) is 1.58. The van der Waals surface area contributed by atoms with Gasteiger partial charge in [0.15, 0.2) is 0 Å². The molecule has 2 N–H and O–H groups in total. The van der Waals surface area contributed by atoms with Gasteiger partial charge in [-0.3, -0.25) is 0 Å². The Morgan fingerprint density at radius 3 is 2.59 bits per heavy atom. The first-order valence-corrected chi connectivity index (χ1v) is 5.69. The van der Waals surface area contributed by atoms with Gasteiger partial charge in [0.2, 0.25) is 6.10 Å². The van der Waals surface area contributed by atoms with Crippen molar-refractivity contribution in [2.75, 3.05) is 13.6 Å². The molecule has 0 saturated carbocycles. The molecule has 1 aromatic carbocycles. The molecule has 0 saturated heterocycles. The summed E-state index contributed by atoms with van der Waals surface area (Å²) in [6, 6.07) is 7.54. The summed E-state index contributed by atoms with van der Waals surface area (Å²) >= 11 is 0. The second-order valence-electron chi connectivity index (χ2n) is 4.19. The number of aliphatic carboxylic acids is 1. The normalized spacial score (nSPS) is 12.5. The third kappa shape index (κ3) is 3.75. The predicted octanol–water partition coefficient (Wildman–Crippen LogP) is 1.86. The van der Waals surface area contributed by atoms with E-state index in [2.05, 4.69) is 19.2 Å². The van der Waals surface area contributed by atoms with Gasteiger partial charge in [0.05, 0.1) is 0 Å². The largest absolute Gasteiger partial charge is 0.478 e. The van der Waals surface area contributed by atoms with E-state index in [0.717, 1.165) is 5.56 Å². The maximum atomic E-state index is 11.0. The number of para-hydroxylation sites is 1. The molecular formula is C13H19NO3. The van der Waals surface area contributed by atoms with Crippen LogP contribution in [0.2, 0.25) is 0 Å². The zero-order valence-electron chi connectivity index (χ0n) is 10.4. The van der Waals surface area contributed by atoms with E-state index < -0.39 is 12.1 Å². The van der Waals surface area contributed by atoms with Gasteiger partial charge >= 0.3 is 5.97 Å². The molecule has 1 rings (SSSR count). The Hall–Kier alpha value is -1.55. The summed E-state index contributed by atoms with van der Waals surface area (Å²) in [5.41, 5.74) is 1.02. The van der Waals surface area contributed by atoms with Gasteiger partial charge in [-0.25, -0.2) is 4.79 Å². The van der Waals surface area contributed by atoms with Crippen molar-refractivity contribution in [2.45, 2.75) is 25.9 Å². The van der Waals surface area contributed by atoms with E-state index in [0.29, 0.717) is 11.7 Å². The molecule has 0 amide bonds. The van der Waals surface area contributed by atoms with Gasteiger partial charge in [0.25, 0.3) is 0 Å². The minimum absolute atomic E-state index is 0.280. The van der Waals surface area contributed by atoms with Crippen molar-refractivity contribution in [3.05, 3.63) is 29.8 Å². The Morgan fingerprint density at radius 2 is 2.06 bits per heavy atom. The predicted molar refractivity (Wildman–Crippen MR) is 66.5 cm³/mol. The number of likely N-dealkylation sites (N-methyl/N-ethyl adjacent to an activating group) is 1. The van der Waals surface area contributed by atoms with Crippen LogP contribution in [0.4, 0.5) is 0 Å². The van der Waals surface area contributed by atoms with E-state index in [9.17, 15) is 4.79 Å². The molecule has 0 aromatic heterocycles. The van der Waals surface area contributed by atoms with Crippen LogP contribution >= 0.6 is 0 Å². The second-order valence-corrected chi connectivity index (χ2v) is 4.19. The summed E-state index contributed by atoms with van der Waals surface area (Å²) in [7, 11) is 1.70. The van der Waals surface area contributed by atoms with Gasteiger partial charge in [-0.05, 0) is 24.6 Å². The molecule has 0 spiro atoms. The number of benzene rings is 1. The third-order valence-corrected chi connectivity index (χ3v) is 2.48. The number of hydrogen-bond acceptors (Lipinski definition) is 3. The summed E-state index contributed by atoms with van der Waals surface area (Å²) < 4.78 is 5.55. The minimum Gasteiger partial charge on any atom is -0.478 e. The highest BCUT2D eigenvalue weighted by atomic mass is 16.5. The molecule has 0 aliphatic heterocycles. The Kier molecular flexibility index (Phi) is 4.97. The molecule has 1 unspecified atom stereocenters. The van der Waals surface area contributed by atoms with Gasteiger partial charge in [-0.15, -0.1) is 0 Å². The van der Waals surface area contributed by atoms with Crippen molar-refractivity contribution in [1.29, 1.82) is 0 Å². The van der Waals surface area contributed by atoms with Crippen molar-refractivity contribution in [1.82, 2.24) is 5.32 Å². The topological polar surface area (TPSA) is 58.6 Å². The lowest BCUT2D eigenvalue weighted by Crippen LogP contribution is -2.36. The molecule has 94 valence electrons. The third-order valence-electron chi connectivity index (χ3n) is 2.48. The number of hydrogen-bond donors (Lipinski definition) is 2. The Balaban J connectivity index is 2.88. The summed E-state index contributed by atoms with van der Waals surface area (Å²) in [4.78, 5) is 11.0. The van der Waals surface area contributed by atoms with Crippen LogP contribution in [0.1, 0.15) is 25.3 Å². The van der Waals surface area contributed by atoms with E-state index in [1.165, 1.54) is 0 Å². The highest BCUT2D eigenvalue weighted by Crippen LogP contribution is 2.26.